The minimum Gasteiger partial charge on any atom is -0.367 e. The van der Waals surface area contributed by atoms with Crippen molar-refractivity contribution in [3.05, 3.63) is 57.1 Å². The lowest BCUT2D eigenvalue weighted by molar-refractivity contribution is -0.117. The van der Waals surface area contributed by atoms with Crippen molar-refractivity contribution in [3.8, 4) is 0 Å². The smallest absolute Gasteiger partial charge is 0.224 e. The van der Waals surface area contributed by atoms with Gasteiger partial charge in [0.25, 0.3) is 0 Å². The molecule has 0 aromatic heterocycles. The van der Waals surface area contributed by atoms with E-state index in [1.54, 1.807) is 0 Å². The zero-order valence-electron chi connectivity index (χ0n) is 16.4. The second-order valence-electron chi connectivity index (χ2n) is 8.51. The van der Waals surface area contributed by atoms with Gasteiger partial charge in [-0.1, -0.05) is 28.9 Å². The van der Waals surface area contributed by atoms with Crippen LogP contribution in [0.15, 0.2) is 34.8 Å². The van der Waals surface area contributed by atoms with E-state index in [4.69, 9.17) is 0 Å². The summed E-state index contributed by atoms with van der Waals surface area (Å²) in [6.45, 7) is 8.40. The van der Waals surface area contributed by atoms with Crippen molar-refractivity contribution in [2.24, 2.45) is 5.41 Å². The third kappa shape index (κ3) is 3.91. The molecule has 1 aliphatic carbocycles. The number of fused-ring (bicyclic) bond motifs is 1. The maximum Gasteiger partial charge on any atom is 0.224 e. The van der Waals surface area contributed by atoms with Gasteiger partial charge in [0.1, 0.15) is 0 Å². The van der Waals surface area contributed by atoms with E-state index in [1.807, 2.05) is 0 Å². The molecule has 3 nitrogen and oxygen atoms in total. The zero-order chi connectivity index (χ0) is 19.2. The number of carbonyl (C=O) groups is 1. The second-order valence-corrected chi connectivity index (χ2v) is 9.43. The van der Waals surface area contributed by atoms with Crippen molar-refractivity contribution in [1.82, 2.24) is 0 Å². The lowest BCUT2D eigenvalue weighted by Crippen LogP contribution is -2.31. The van der Waals surface area contributed by atoms with Crippen molar-refractivity contribution < 1.29 is 4.79 Å². The molecule has 0 atom stereocenters. The molecule has 4 rings (SSSR count). The van der Waals surface area contributed by atoms with Crippen LogP contribution in [0.1, 0.15) is 48.4 Å². The average molecular weight is 427 g/mol. The van der Waals surface area contributed by atoms with Crippen LogP contribution in [0.25, 0.3) is 0 Å². The first-order chi connectivity index (χ1) is 12.8. The number of aryl methyl sites for hydroxylation is 1. The van der Waals surface area contributed by atoms with Gasteiger partial charge in [-0.05, 0) is 85.0 Å². The third-order valence-corrected chi connectivity index (χ3v) is 6.67. The monoisotopic (exact) mass is 426 g/mol. The van der Waals surface area contributed by atoms with Crippen molar-refractivity contribution in [2.75, 3.05) is 16.8 Å². The fourth-order valence-electron chi connectivity index (χ4n) is 4.15. The molecule has 0 radical (unpaired) electrons. The van der Waals surface area contributed by atoms with Crippen LogP contribution in [0.3, 0.4) is 0 Å². The van der Waals surface area contributed by atoms with Crippen LogP contribution in [-0.4, -0.2) is 12.5 Å². The predicted octanol–water partition coefficient (Wildman–Crippen LogP) is 5.76. The molecular formula is C23H27BrN2O. The van der Waals surface area contributed by atoms with Gasteiger partial charge in [0.2, 0.25) is 5.91 Å². The lowest BCUT2D eigenvalue weighted by Gasteiger charge is -2.33. The highest BCUT2D eigenvalue weighted by Gasteiger charge is 2.39. The summed E-state index contributed by atoms with van der Waals surface area (Å²) in [6, 6.07) is 10.8. The van der Waals surface area contributed by atoms with E-state index in [-0.39, 0.29) is 11.3 Å². The Kier molecular flexibility index (Phi) is 4.79. The molecule has 0 spiro atoms. The van der Waals surface area contributed by atoms with Crippen LogP contribution in [0.5, 0.6) is 0 Å². The van der Waals surface area contributed by atoms with E-state index >= 15 is 0 Å². The van der Waals surface area contributed by atoms with Crippen LogP contribution in [0.4, 0.5) is 11.4 Å². The molecule has 27 heavy (non-hydrogen) atoms. The zero-order valence-corrected chi connectivity index (χ0v) is 17.9. The summed E-state index contributed by atoms with van der Waals surface area (Å²) >= 11 is 3.51. The number of benzene rings is 2. The van der Waals surface area contributed by atoms with Crippen LogP contribution in [0.2, 0.25) is 0 Å². The van der Waals surface area contributed by atoms with E-state index < -0.39 is 0 Å². The quantitative estimate of drug-likeness (QED) is 0.673. The van der Waals surface area contributed by atoms with Gasteiger partial charge in [-0.3, -0.25) is 4.79 Å². The molecule has 0 saturated heterocycles. The number of anilines is 2. The van der Waals surface area contributed by atoms with Gasteiger partial charge in [0, 0.05) is 35.4 Å². The molecule has 1 N–H and O–H groups in total. The third-order valence-electron chi connectivity index (χ3n) is 6.14. The Morgan fingerprint density at radius 1 is 1.22 bits per heavy atom. The van der Waals surface area contributed by atoms with E-state index in [2.05, 4.69) is 77.2 Å². The first-order valence-corrected chi connectivity index (χ1v) is 10.6. The van der Waals surface area contributed by atoms with E-state index in [9.17, 15) is 4.79 Å². The summed E-state index contributed by atoms with van der Waals surface area (Å²) in [5.41, 5.74) is 7.72. The van der Waals surface area contributed by atoms with Gasteiger partial charge >= 0.3 is 0 Å². The fourth-order valence-corrected chi connectivity index (χ4v) is 4.42. The summed E-state index contributed by atoms with van der Waals surface area (Å²) in [6.07, 6.45) is 4.00. The minimum atomic E-state index is 0.161. The predicted molar refractivity (Wildman–Crippen MR) is 115 cm³/mol. The van der Waals surface area contributed by atoms with Crippen LogP contribution in [0, 0.1) is 19.3 Å². The number of halogens is 1. The molecule has 1 saturated carbocycles. The van der Waals surface area contributed by atoms with E-state index in [1.165, 1.54) is 40.8 Å². The van der Waals surface area contributed by atoms with Crippen LogP contribution >= 0.6 is 15.9 Å². The van der Waals surface area contributed by atoms with Crippen molar-refractivity contribution >= 4 is 33.2 Å². The molecule has 1 heterocycles. The largest absolute Gasteiger partial charge is 0.367 e. The number of hydrogen-bond acceptors (Lipinski definition) is 2. The highest BCUT2D eigenvalue weighted by molar-refractivity contribution is 9.10. The summed E-state index contributed by atoms with van der Waals surface area (Å²) in [5.74, 6) is 0.161. The first kappa shape index (κ1) is 18.5. The lowest BCUT2D eigenvalue weighted by atomic mass is 9.91. The number of hydrogen-bond donors (Lipinski definition) is 1. The summed E-state index contributed by atoms with van der Waals surface area (Å²) in [5, 5.41) is 3.22. The number of nitrogens with zero attached hydrogens (tertiary/aromatic N) is 1. The Morgan fingerprint density at radius 2 is 1.93 bits per heavy atom. The Morgan fingerprint density at radius 3 is 2.59 bits per heavy atom. The van der Waals surface area contributed by atoms with Crippen LogP contribution in [-0.2, 0) is 17.8 Å². The average Bonchev–Trinajstić information content (AvgIpc) is 3.35. The van der Waals surface area contributed by atoms with E-state index in [0.29, 0.717) is 6.42 Å². The maximum absolute atomic E-state index is 12.5. The topological polar surface area (TPSA) is 32.3 Å². The normalized spacial score (nSPS) is 17.4. The number of rotatable bonds is 4. The molecule has 2 aliphatic rings. The van der Waals surface area contributed by atoms with Gasteiger partial charge in [0.15, 0.2) is 0 Å². The van der Waals surface area contributed by atoms with Gasteiger partial charge in [-0.15, -0.1) is 0 Å². The van der Waals surface area contributed by atoms with Gasteiger partial charge < -0.3 is 10.2 Å². The summed E-state index contributed by atoms with van der Waals surface area (Å²) in [7, 11) is 0. The molecule has 1 aliphatic heterocycles. The molecule has 142 valence electrons. The van der Waals surface area contributed by atoms with E-state index in [0.717, 1.165) is 29.7 Å². The SMILES string of the molecule is Cc1cc2c(c(C)c1NC(=O)CC1(C)CC1)CCN(c1ccc(Br)cc1)C2. The second kappa shape index (κ2) is 6.97. The molecule has 0 bridgehead atoms. The van der Waals surface area contributed by atoms with Crippen molar-refractivity contribution in [2.45, 2.75) is 53.0 Å². The van der Waals surface area contributed by atoms with Crippen LogP contribution < -0.4 is 10.2 Å². The van der Waals surface area contributed by atoms with Crippen molar-refractivity contribution in [3.63, 3.8) is 0 Å². The summed E-state index contributed by atoms with van der Waals surface area (Å²) in [4.78, 5) is 14.9. The molecule has 4 heteroatoms. The highest BCUT2D eigenvalue weighted by atomic mass is 79.9. The van der Waals surface area contributed by atoms with Gasteiger partial charge in [0.05, 0.1) is 0 Å². The fraction of sp³-hybridized carbons (Fsp3) is 0.435. The van der Waals surface area contributed by atoms with Crippen molar-refractivity contribution in [1.29, 1.82) is 0 Å². The Hall–Kier alpha value is -1.81. The maximum atomic E-state index is 12.5. The molecule has 1 fully saturated rings. The molecule has 2 aromatic carbocycles. The minimum absolute atomic E-state index is 0.161. The molecule has 1 amide bonds. The number of nitrogens with one attached hydrogen (secondary N) is 1. The van der Waals surface area contributed by atoms with Gasteiger partial charge in [-0.2, -0.15) is 0 Å². The summed E-state index contributed by atoms with van der Waals surface area (Å²) < 4.78 is 1.11. The Bertz CT molecular complexity index is 884. The Labute approximate surface area is 170 Å². The first-order valence-electron chi connectivity index (χ1n) is 9.77. The number of carbonyl (C=O) groups excluding carboxylic acids is 1. The molecular weight excluding hydrogens is 400 g/mol. The number of amides is 1. The standard InChI is InChI=1S/C23H27BrN2O/c1-15-12-17-14-26(19-6-4-18(24)5-7-19)11-8-20(17)16(2)22(15)25-21(27)13-23(3)9-10-23/h4-7,12H,8-11,13-14H2,1-3H3,(H,25,27). The molecule has 0 unspecified atom stereocenters. The Balaban J connectivity index is 1.55. The molecule has 2 aromatic rings. The van der Waals surface area contributed by atoms with Gasteiger partial charge in [-0.25, -0.2) is 0 Å². The highest BCUT2D eigenvalue weighted by Crippen LogP contribution is 2.48.